The summed E-state index contributed by atoms with van der Waals surface area (Å²) >= 11 is 0. The third-order valence-electron chi connectivity index (χ3n) is 6.01. The molecule has 0 radical (unpaired) electrons. The lowest BCUT2D eigenvalue weighted by molar-refractivity contribution is -0.136. The molecule has 3 aromatic rings. The highest BCUT2D eigenvalue weighted by molar-refractivity contribution is 6.39. The molecule has 10 heteroatoms. The molecule has 0 saturated heterocycles. The number of aromatic nitrogens is 2. The average molecular weight is 493 g/mol. The zero-order chi connectivity index (χ0) is 26.2. The lowest BCUT2D eigenvalue weighted by Crippen LogP contribution is -2.40. The second-order valence-corrected chi connectivity index (χ2v) is 8.20. The Morgan fingerprint density at radius 2 is 1.53 bits per heavy atom. The lowest BCUT2D eigenvalue weighted by Gasteiger charge is -2.17. The SMILES string of the molecule is CCN(CC)CCNC(=O)C(=O)Nc1ccc(C(=O)Nc2c(C)n(C)n(-c3ccccc3)c2=O)cc1. The van der Waals surface area contributed by atoms with E-state index in [1.807, 2.05) is 44.2 Å². The maximum atomic E-state index is 13.0. The fourth-order valence-corrected chi connectivity index (χ4v) is 3.74. The predicted molar refractivity (Wildman–Crippen MR) is 140 cm³/mol. The highest BCUT2D eigenvalue weighted by Gasteiger charge is 2.19. The van der Waals surface area contributed by atoms with Crippen LogP contribution in [0.3, 0.4) is 0 Å². The van der Waals surface area contributed by atoms with E-state index in [0.717, 1.165) is 13.1 Å². The standard InChI is InChI=1S/C26H32N6O4/c1-5-31(6-2)17-16-27-24(34)25(35)28-20-14-12-19(13-15-20)23(33)29-22-18(3)30(4)32(26(22)36)21-10-8-7-9-11-21/h7-15H,5-6,16-17H2,1-4H3,(H,27,34)(H,28,35)(H,29,33). The van der Waals surface area contributed by atoms with Crippen molar-refractivity contribution in [3.05, 3.63) is 76.2 Å². The predicted octanol–water partition coefficient (Wildman–Crippen LogP) is 2.13. The number of nitrogens with zero attached hydrogens (tertiary/aromatic N) is 3. The summed E-state index contributed by atoms with van der Waals surface area (Å²) in [5.74, 6) is -1.97. The number of nitrogens with one attached hydrogen (secondary N) is 3. The molecular weight excluding hydrogens is 460 g/mol. The lowest BCUT2D eigenvalue weighted by atomic mass is 10.2. The minimum atomic E-state index is -0.784. The zero-order valence-electron chi connectivity index (χ0n) is 21.0. The Hall–Kier alpha value is -4.18. The zero-order valence-corrected chi connectivity index (χ0v) is 21.0. The maximum absolute atomic E-state index is 13.0. The van der Waals surface area contributed by atoms with Gasteiger partial charge in [0.1, 0.15) is 5.69 Å². The molecule has 0 aliphatic carbocycles. The Morgan fingerprint density at radius 3 is 2.14 bits per heavy atom. The van der Waals surface area contributed by atoms with Gasteiger partial charge in [-0.1, -0.05) is 32.0 Å². The normalized spacial score (nSPS) is 10.8. The van der Waals surface area contributed by atoms with Gasteiger partial charge in [-0.2, -0.15) is 0 Å². The fourth-order valence-electron chi connectivity index (χ4n) is 3.74. The molecule has 0 spiro atoms. The Kier molecular flexibility index (Phi) is 8.80. The number of anilines is 2. The van der Waals surface area contributed by atoms with Gasteiger partial charge in [-0.25, -0.2) is 4.68 Å². The molecule has 1 aromatic heterocycles. The van der Waals surface area contributed by atoms with Crippen LogP contribution in [0.15, 0.2) is 59.4 Å². The Balaban J connectivity index is 1.63. The molecule has 1 heterocycles. The van der Waals surface area contributed by atoms with E-state index in [0.29, 0.717) is 35.7 Å². The molecule has 3 amide bonds. The summed E-state index contributed by atoms with van der Waals surface area (Å²) < 4.78 is 3.16. The Morgan fingerprint density at radius 1 is 0.889 bits per heavy atom. The molecule has 190 valence electrons. The van der Waals surface area contributed by atoms with E-state index in [-0.39, 0.29) is 11.2 Å². The van der Waals surface area contributed by atoms with E-state index in [1.54, 1.807) is 18.7 Å². The molecule has 3 rings (SSSR count). The molecule has 3 N–H and O–H groups in total. The van der Waals surface area contributed by atoms with Gasteiger partial charge in [-0.3, -0.25) is 23.9 Å². The van der Waals surface area contributed by atoms with Crippen molar-refractivity contribution in [2.75, 3.05) is 36.8 Å². The summed E-state index contributed by atoms with van der Waals surface area (Å²) in [4.78, 5) is 52.2. The monoisotopic (exact) mass is 492 g/mol. The van der Waals surface area contributed by atoms with Gasteiger partial charge in [0.05, 0.1) is 11.4 Å². The Labute approximate surface area is 209 Å². The van der Waals surface area contributed by atoms with Crippen LogP contribution in [0.2, 0.25) is 0 Å². The number of hydrogen-bond acceptors (Lipinski definition) is 5. The van der Waals surface area contributed by atoms with Crippen LogP contribution in [-0.4, -0.2) is 58.2 Å². The van der Waals surface area contributed by atoms with Gasteiger partial charge in [0.25, 0.3) is 11.5 Å². The summed E-state index contributed by atoms with van der Waals surface area (Å²) in [6.07, 6.45) is 0. The van der Waals surface area contributed by atoms with Gasteiger partial charge in [0.2, 0.25) is 0 Å². The van der Waals surface area contributed by atoms with E-state index in [2.05, 4.69) is 20.9 Å². The molecular formula is C26H32N6O4. The number of amides is 3. The van der Waals surface area contributed by atoms with Crippen LogP contribution in [0.4, 0.5) is 11.4 Å². The molecule has 0 saturated carbocycles. The highest BCUT2D eigenvalue weighted by atomic mass is 16.2. The van der Waals surface area contributed by atoms with Crippen molar-refractivity contribution in [3.8, 4) is 5.69 Å². The quantitative estimate of drug-likeness (QED) is 0.396. The van der Waals surface area contributed by atoms with Crippen molar-refractivity contribution in [2.45, 2.75) is 20.8 Å². The maximum Gasteiger partial charge on any atom is 0.313 e. The fraction of sp³-hybridized carbons (Fsp3) is 0.308. The second kappa shape index (κ2) is 12.0. The summed E-state index contributed by atoms with van der Waals surface area (Å²) in [7, 11) is 1.75. The summed E-state index contributed by atoms with van der Waals surface area (Å²) in [5.41, 5.74) is 1.80. The smallest absolute Gasteiger partial charge is 0.313 e. The summed E-state index contributed by atoms with van der Waals surface area (Å²) in [5, 5.41) is 7.81. The third-order valence-corrected chi connectivity index (χ3v) is 6.01. The number of likely N-dealkylation sites (N-methyl/N-ethyl adjacent to an activating group) is 1. The van der Waals surface area contributed by atoms with Crippen LogP contribution in [-0.2, 0) is 16.6 Å². The van der Waals surface area contributed by atoms with Crippen LogP contribution in [0.1, 0.15) is 29.9 Å². The van der Waals surface area contributed by atoms with Gasteiger partial charge >= 0.3 is 11.8 Å². The number of benzene rings is 2. The van der Waals surface area contributed by atoms with Gasteiger partial charge < -0.3 is 20.9 Å². The molecule has 0 aliphatic heterocycles. The first-order chi connectivity index (χ1) is 17.3. The number of para-hydroxylation sites is 1. The molecule has 0 unspecified atom stereocenters. The van der Waals surface area contributed by atoms with Gasteiger partial charge in [0, 0.05) is 31.4 Å². The molecule has 0 aliphatic rings. The number of carbonyl (C=O) groups excluding carboxylic acids is 3. The minimum Gasteiger partial charge on any atom is -0.347 e. The Bertz CT molecular complexity index is 1270. The van der Waals surface area contributed by atoms with Crippen LogP contribution in [0.25, 0.3) is 5.69 Å². The van der Waals surface area contributed by atoms with Crippen LogP contribution in [0.5, 0.6) is 0 Å². The van der Waals surface area contributed by atoms with Gasteiger partial charge in [-0.05, 0) is 56.4 Å². The van der Waals surface area contributed by atoms with Crippen molar-refractivity contribution in [3.63, 3.8) is 0 Å². The van der Waals surface area contributed by atoms with E-state index in [4.69, 9.17) is 0 Å². The third kappa shape index (κ3) is 6.08. The molecule has 36 heavy (non-hydrogen) atoms. The molecule has 2 aromatic carbocycles. The first kappa shape index (κ1) is 26.4. The van der Waals surface area contributed by atoms with Gasteiger partial charge in [0.15, 0.2) is 0 Å². The molecule has 0 bridgehead atoms. The average Bonchev–Trinajstić information content (AvgIpc) is 3.10. The number of rotatable bonds is 9. The first-order valence-electron chi connectivity index (χ1n) is 11.8. The highest BCUT2D eigenvalue weighted by Crippen LogP contribution is 2.16. The van der Waals surface area contributed by atoms with Crippen molar-refractivity contribution in [2.24, 2.45) is 7.05 Å². The van der Waals surface area contributed by atoms with Crippen LogP contribution < -0.4 is 21.5 Å². The number of hydrogen-bond donors (Lipinski definition) is 3. The first-order valence-corrected chi connectivity index (χ1v) is 11.8. The minimum absolute atomic E-state index is 0.185. The van der Waals surface area contributed by atoms with Crippen molar-refractivity contribution < 1.29 is 14.4 Å². The molecule has 0 atom stereocenters. The van der Waals surface area contributed by atoms with Crippen molar-refractivity contribution >= 4 is 29.1 Å². The number of carbonyl (C=O) groups is 3. The second-order valence-electron chi connectivity index (χ2n) is 8.20. The summed E-state index contributed by atoms with van der Waals surface area (Å²) in [6, 6.07) is 15.2. The van der Waals surface area contributed by atoms with E-state index < -0.39 is 17.7 Å². The molecule has 10 nitrogen and oxygen atoms in total. The topological polar surface area (TPSA) is 117 Å². The van der Waals surface area contributed by atoms with Crippen molar-refractivity contribution in [1.82, 2.24) is 19.6 Å². The largest absolute Gasteiger partial charge is 0.347 e. The van der Waals surface area contributed by atoms with Crippen molar-refractivity contribution in [1.29, 1.82) is 0 Å². The van der Waals surface area contributed by atoms with E-state index in [9.17, 15) is 19.2 Å². The van der Waals surface area contributed by atoms with Crippen LogP contribution >= 0.6 is 0 Å². The van der Waals surface area contributed by atoms with E-state index >= 15 is 0 Å². The van der Waals surface area contributed by atoms with E-state index in [1.165, 1.54) is 28.9 Å². The molecule has 0 fully saturated rings. The van der Waals surface area contributed by atoms with Crippen LogP contribution in [0, 0.1) is 6.92 Å². The van der Waals surface area contributed by atoms with Gasteiger partial charge in [-0.15, -0.1) is 0 Å². The summed E-state index contributed by atoms with van der Waals surface area (Å²) in [6.45, 7) is 8.58.